The molecule has 0 fully saturated rings. The highest BCUT2D eigenvalue weighted by Gasteiger charge is 2.09. The molecule has 0 saturated heterocycles. The van der Waals surface area contributed by atoms with Crippen molar-refractivity contribution >= 4 is 23.3 Å². The molecule has 1 aromatic heterocycles. The summed E-state index contributed by atoms with van der Waals surface area (Å²) in [6, 6.07) is 18.6. The quantitative estimate of drug-likeness (QED) is 0.611. The number of nitrogens with one attached hydrogen (secondary N) is 1. The molecule has 5 nitrogen and oxygen atoms in total. The number of hydrogen-bond acceptors (Lipinski definition) is 3. The Labute approximate surface area is 169 Å². The van der Waals surface area contributed by atoms with Crippen molar-refractivity contribution in [2.24, 2.45) is 0 Å². The SMILES string of the molecule is CN(CCc1ccncc1)C(=O)Nc1ccc(OCc2ccc(Cl)cc2)cc1. The van der Waals surface area contributed by atoms with Crippen LogP contribution in [0.15, 0.2) is 73.1 Å². The van der Waals surface area contributed by atoms with Crippen LogP contribution in [0.4, 0.5) is 10.5 Å². The van der Waals surface area contributed by atoms with Crippen LogP contribution in [0.3, 0.4) is 0 Å². The maximum absolute atomic E-state index is 12.3. The molecule has 0 aliphatic carbocycles. The second-order valence-corrected chi connectivity index (χ2v) is 6.83. The van der Waals surface area contributed by atoms with Gasteiger partial charge in [0.1, 0.15) is 12.4 Å². The van der Waals surface area contributed by atoms with E-state index in [-0.39, 0.29) is 6.03 Å². The zero-order valence-corrected chi connectivity index (χ0v) is 16.4. The van der Waals surface area contributed by atoms with E-state index in [0.29, 0.717) is 18.2 Å². The summed E-state index contributed by atoms with van der Waals surface area (Å²) in [5.41, 5.74) is 2.91. The lowest BCUT2D eigenvalue weighted by Gasteiger charge is -2.18. The minimum Gasteiger partial charge on any atom is -0.489 e. The van der Waals surface area contributed by atoms with Gasteiger partial charge in [0, 0.05) is 36.7 Å². The highest BCUT2D eigenvalue weighted by atomic mass is 35.5. The van der Waals surface area contributed by atoms with E-state index in [0.717, 1.165) is 29.0 Å². The third kappa shape index (κ3) is 5.99. The van der Waals surface area contributed by atoms with E-state index in [1.54, 1.807) is 24.3 Å². The van der Waals surface area contributed by atoms with Crippen LogP contribution >= 0.6 is 11.6 Å². The van der Waals surface area contributed by atoms with E-state index in [9.17, 15) is 4.79 Å². The average molecular weight is 396 g/mol. The van der Waals surface area contributed by atoms with Crippen LogP contribution in [0.1, 0.15) is 11.1 Å². The van der Waals surface area contributed by atoms with E-state index >= 15 is 0 Å². The second kappa shape index (κ2) is 9.76. The van der Waals surface area contributed by atoms with Gasteiger partial charge in [-0.1, -0.05) is 23.7 Å². The summed E-state index contributed by atoms with van der Waals surface area (Å²) < 4.78 is 5.76. The molecule has 6 heteroatoms. The third-order valence-electron chi connectivity index (χ3n) is 4.26. The van der Waals surface area contributed by atoms with Crippen molar-refractivity contribution in [3.63, 3.8) is 0 Å². The van der Waals surface area contributed by atoms with E-state index < -0.39 is 0 Å². The van der Waals surface area contributed by atoms with E-state index in [1.165, 1.54) is 0 Å². The number of benzene rings is 2. The first kappa shape index (κ1) is 19.7. The molecule has 0 spiro atoms. The zero-order valence-electron chi connectivity index (χ0n) is 15.6. The molecule has 2 amide bonds. The maximum atomic E-state index is 12.3. The maximum Gasteiger partial charge on any atom is 0.321 e. The summed E-state index contributed by atoms with van der Waals surface area (Å²) in [4.78, 5) is 18.0. The molecule has 144 valence electrons. The summed E-state index contributed by atoms with van der Waals surface area (Å²) in [6.07, 6.45) is 4.29. The van der Waals surface area contributed by atoms with Gasteiger partial charge >= 0.3 is 6.03 Å². The molecule has 28 heavy (non-hydrogen) atoms. The van der Waals surface area contributed by atoms with Crippen LogP contribution in [0.25, 0.3) is 0 Å². The summed E-state index contributed by atoms with van der Waals surface area (Å²) in [5, 5.41) is 3.59. The lowest BCUT2D eigenvalue weighted by atomic mass is 10.2. The fraction of sp³-hybridized carbons (Fsp3) is 0.182. The smallest absolute Gasteiger partial charge is 0.321 e. The number of carbonyl (C=O) groups is 1. The predicted molar refractivity (Wildman–Crippen MR) is 112 cm³/mol. The lowest BCUT2D eigenvalue weighted by molar-refractivity contribution is 0.223. The Morgan fingerprint density at radius 2 is 1.68 bits per heavy atom. The van der Waals surface area contributed by atoms with Crippen molar-refractivity contribution in [2.45, 2.75) is 13.0 Å². The molecule has 0 saturated carbocycles. The summed E-state index contributed by atoms with van der Waals surface area (Å²) in [5.74, 6) is 0.735. The standard InChI is InChI=1S/C22H22ClN3O2/c1-26(15-12-17-10-13-24-14-11-17)22(27)25-20-6-8-21(9-7-20)28-16-18-2-4-19(23)5-3-18/h2-11,13-14H,12,15-16H2,1H3,(H,25,27). The number of pyridine rings is 1. The summed E-state index contributed by atoms with van der Waals surface area (Å²) >= 11 is 5.88. The van der Waals surface area contributed by atoms with Gasteiger partial charge in [-0.25, -0.2) is 4.79 Å². The molecular weight excluding hydrogens is 374 g/mol. The minimum atomic E-state index is -0.149. The molecule has 3 rings (SSSR count). The second-order valence-electron chi connectivity index (χ2n) is 6.40. The first-order chi connectivity index (χ1) is 13.6. The molecule has 0 unspecified atom stereocenters. The number of nitrogens with zero attached hydrogens (tertiary/aromatic N) is 2. The van der Waals surface area contributed by atoms with Gasteiger partial charge in [-0.05, 0) is 66.1 Å². The fourth-order valence-corrected chi connectivity index (χ4v) is 2.67. The molecule has 0 bridgehead atoms. The van der Waals surface area contributed by atoms with Crippen molar-refractivity contribution in [2.75, 3.05) is 18.9 Å². The van der Waals surface area contributed by atoms with Gasteiger partial charge in [-0.15, -0.1) is 0 Å². The van der Waals surface area contributed by atoms with Crippen LogP contribution in [0.2, 0.25) is 5.02 Å². The van der Waals surface area contributed by atoms with Crippen molar-refractivity contribution < 1.29 is 9.53 Å². The van der Waals surface area contributed by atoms with Crippen LogP contribution in [-0.2, 0) is 13.0 Å². The Kier molecular flexibility index (Phi) is 6.87. The number of urea groups is 1. The molecule has 0 atom stereocenters. The zero-order chi connectivity index (χ0) is 19.8. The van der Waals surface area contributed by atoms with Crippen molar-refractivity contribution in [3.8, 4) is 5.75 Å². The van der Waals surface area contributed by atoms with Crippen molar-refractivity contribution in [1.29, 1.82) is 0 Å². The number of amides is 2. The first-order valence-corrected chi connectivity index (χ1v) is 9.36. The van der Waals surface area contributed by atoms with Crippen LogP contribution in [0, 0.1) is 0 Å². The van der Waals surface area contributed by atoms with Crippen molar-refractivity contribution in [3.05, 3.63) is 89.2 Å². The molecule has 2 aromatic carbocycles. The molecule has 0 aliphatic heterocycles. The first-order valence-electron chi connectivity index (χ1n) is 8.98. The predicted octanol–water partition coefficient (Wildman–Crippen LogP) is 5.02. The van der Waals surface area contributed by atoms with Gasteiger partial charge in [0.05, 0.1) is 0 Å². The number of carbonyl (C=O) groups excluding carboxylic acids is 1. The van der Waals surface area contributed by atoms with Crippen LogP contribution in [-0.4, -0.2) is 29.5 Å². The Hall–Kier alpha value is -3.05. The summed E-state index contributed by atoms with van der Waals surface area (Å²) in [7, 11) is 1.78. The van der Waals surface area contributed by atoms with Gasteiger partial charge in [0.2, 0.25) is 0 Å². The molecule has 1 N–H and O–H groups in total. The Morgan fingerprint density at radius 1 is 1.00 bits per heavy atom. The Morgan fingerprint density at radius 3 is 2.36 bits per heavy atom. The minimum absolute atomic E-state index is 0.149. The van der Waals surface area contributed by atoms with Crippen molar-refractivity contribution in [1.82, 2.24) is 9.88 Å². The molecule has 0 aliphatic rings. The number of aromatic nitrogens is 1. The number of ether oxygens (including phenoxy) is 1. The lowest BCUT2D eigenvalue weighted by Crippen LogP contribution is -2.32. The fourth-order valence-electron chi connectivity index (χ4n) is 2.55. The highest BCUT2D eigenvalue weighted by molar-refractivity contribution is 6.30. The highest BCUT2D eigenvalue weighted by Crippen LogP contribution is 2.18. The topological polar surface area (TPSA) is 54.5 Å². The van der Waals surface area contributed by atoms with Gasteiger partial charge < -0.3 is 15.0 Å². The third-order valence-corrected chi connectivity index (χ3v) is 4.51. The Balaban J connectivity index is 1.46. The monoisotopic (exact) mass is 395 g/mol. The number of likely N-dealkylation sites (N-methyl/N-ethyl adjacent to an activating group) is 1. The average Bonchev–Trinajstić information content (AvgIpc) is 2.73. The van der Waals surface area contributed by atoms with Gasteiger partial charge in [-0.3, -0.25) is 4.98 Å². The molecule has 1 heterocycles. The van der Waals surface area contributed by atoms with Gasteiger partial charge in [0.25, 0.3) is 0 Å². The normalized spacial score (nSPS) is 10.4. The molecule has 3 aromatic rings. The van der Waals surface area contributed by atoms with E-state index in [2.05, 4.69) is 10.3 Å². The molecule has 0 radical (unpaired) electrons. The van der Waals surface area contributed by atoms with Gasteiger partial charge in [0.15, 0.2) is 0 Å². The Bertz CT molecular complexity index is 884. The number of anilines is 1. The number of halogens is 1. The number of rotatable bonds is 7. The number of hydrogen-bond donors (Lipinski definition) is 1. The van der Waals surface area contributed by atoms with Gasteiger partial charge in [-0.2, -0.15) is 0 Å². The van der Waals surface area contributed by atoms with E-state index in [1.807, 2.05) is 60.7 Å². The van der Waals surface area contributed by atoms with E-state index in [4.69, 9.17) is 16.3 Å². The van der Waals surface area contributed by atoms with Crippen LogP contribution < -0.4 is 10.1 Å². The summed E-state index contributed by atoms with van der Waals surface area (Å²) in [6.45, 7) is 1.08. The largest absolute Gasteiger partial charge is 0.489 e. The van der Waals surface area contributed by atoms with Crippen LogP contribution in [0.5, 0.6) is 5.75 Å². The molecular formula is C22H22ClN3O2.